The van der Waals surface area contributed by atoms with Crippen LogP contribution in [0.15, 0.2) is 35.1 Å². The lowest BCUT2D eigenvalue weighted by molar-refractivity contribution is 0.499. The van der Waals surface area contributed by atoms with Crippen molar-refractivity contribution in [1.82, 2.24) is 9.97 Å². The number of nitrogens with zero attached hydrogens (tertiary/aromatic N) is 4. The van der Waals surface area contributed by atoms with Gasteiger partial charge >= 0.3 is 0 Å². The van der Waals surface area contributed by atoms with Crippen LogP contribution in [0.1, 0.15) is 24.3 Å². The van der Waals surface area contributed by atoms with Crippen LogP contribution in [0.2, 0.25) is 0 Å². The molecule has 5 nitrogen and oxygen atoms in total. The van der Waals surface area contributed by atoms with Crippen molar-refractivity contribution in [2.45, 2.75) is 25.4 Å². The van der Waals surface area contributed by atoms with Gasteiger partial charge in [0.2, 0.25) is 5.95 Å². The van der Waals surface area contributed by atoms with Crippen molar-refractivity contribution in [2.75, 3.05) is 4.90 Å². The molecule has 0 saturated heterocycles. The Kier molecular flexibility index (Phi) is 2.69. The quantitative estimate of drug-likeness (QED) is 0.818. The van der Waals surface area contributed by atoms with Crippen LogP contribution in [0.25, 0.3) is 0 Å². The molecule has 0 aromatic carbocycles. The lowest BCUT2D eigenvalue weighted by Gasteiger charge is -2.20. The minimum absolute atomic E-state index is 0.394. The number of aromatic nitrogens is 2. The van der Waals surface area contributed by atoms with E-state index in [0.717, 1.165) is 18.6 Å². The van der Waals surface area contributed by atoms with E-state index in [0.29, 0.717) is 24.2 Å². The molecule has 0 N–H and O–H groups in total. The smallest absolute Gasteiger partial charge is 0.227 e. The first kappa shape index (κ1) is 10.8. The summed E-state index contributed by atoms with van der Waals surface area (Å²) in [5, 5.41) is 8.88. The van der Waals surface area contributed by atoms with Crippen molar-refractivity contribution in [3.63, 3.8) is 0 Å². The molecule has 0 amide bonds. The molecular formula is C13H12N4O. The molecule has 3 rings (SSSR count). The molecule has 1 saturated carbocycles. The molecule has 2 aromatic rings. The molecule has 1 aliphatic rings. The second kappa shape index (κ2) is 4.49. The lowest BCUT2D eigenvalue weighted by atomic mass is 10.4. The first-order chi connectivity index (χ1) is 8.86. The fourth-order valence-electron chi connectivity index (χ4n) is 1.87. The largest absolute Gasteiger partial charge is 0.467 e. The van der Waals surface area contributed by atoms with Crippen LogP contribution >= 0.6 is 0 Å². The summed E-state index contributed by atoms with van der Waals surface area (Å²) >= 11 is 0. The van der Waals surface area contributed by atoms with Gasteiger partial charge < -0.3 is 9.32 Å². The molecule has 0 spiro atoms. The zero-order valence-corrected chi connectivity index (χ0v) is 9.78. The highest BCUT2D eigenvalue weighted by atomic mass is 16.3. The molecule has 1 aliphatic carbocycles. The Labute approximate surface area is 105 Å². The average molecular weight is 240 g/mol. The predicted octanol–water partition coefficient (Wildman–Crippen LogP) is 2.11. The molecule has 0 bridgehead atoms. The van der Waals surface area contributed by atoms with Gasteiger partial charge in [-0.15, -0.1) is 0 Å². The zero-order valence-electron chi connectivity index (χ0n) is 9.78. The van der Waals surface area contributed by atoms with Gasteiger partial charge in [-0.2, -0.15) is 5.26 Å². The van der Waals surface area contributed by atoms with Crippen LogP contribution in [0.3, 0.4) is 0 Å². The number of hydrogen-bond acceptors (Lipinski definition) is 5. The summed E-state index contributed by atoms with van der Waals surface area (Å²) < 4.78 is 5.36. The van der Waals surface area contributed by atoms with Crippen molar-refractivity contribution < 1.29 is 4.42 Å². The van der Waals surface area contributed by atoms with Crippen molar-refractivity contribution in [3.8, 4) is 6.07 Å². The van der Waals surface area contributed by atoms with Gasteiger partial charge in [-0.25, -0.2) is 9.97 Å². The third-order valence-electron chi connectivity index (χ3n) is 2.91. The van der Waals surface area contributed by atoms with Crippen LogP contribution in [0, 0.1) is 11.3 Å². The molecule has 0 aliphatic heterocycles. The minimum atomic E-state index is 0.394. The summed E-state index contributed by atoms with van der Waals surface area (Å²) in [5.41, 5.74) is 0.394. The van der Waals surface area contributed by atoms with Gasteiger partial charge in [0.15, 0.2) is 0 Å². The van der Waals surface area contributed by atoms with Crippen LogP contribution in [-0.2, 0) is 6.54 Å². The Morgan fingerprint density at radius 3 is 3.00 bits per heavy atom. The van der Waals surface area contributed by atoms with Crippen LogP contribution < -0.4 is 4.90 Å². The van der Waals surface area contributed by atoms with E-state index in [2.05, 4.69) is 14.9 Å². The zero-order chi connectivity index (χ0) is 12.4. The number of anilines is 1. The Morgan fingerprint density at radius 2 is 2.33 bits per heavy atom. The topological polar surface area (TPSA) is 66.0 Å². The van der Waals surface area contributed by atoms with Crippen LogP contribution in [-0.4, -0.2) is 16.0 Å². The highest BCUT2D eigenvalue weighted by Crippen LogP contribution is 2.31. The van der Waals surface area contributed by atoms with Crippen molar-refractivity contribution >= 4 is 5.95 Å². The predicted molar refractivity (Wildman–Crippen MR) is 64.7 cm³/mol. The van der Waals surface area contributed by atoms with Crippen LogP contribution in [0.4, 0.5) is 5.95 Å². The molecule has 0 radical (unpaired) electrons. The van der Waals surface area contributed by atoms with E-state index in [1.54, 1.807) is 18.5 Å². The molecule has 1 fully saturated rings. The van der Waals surface area contributed by atoms with Crippen molar-refractivity contribution in [1.29, 1.82) is 5.26 Å². The summed E-state index contributed by atoms with van der Waals surface area (Å²) in [6, 6.07) is 7.92. The van der Waals surface area contributed by atoms with E-state index >= 15 is 0 Å². The SMILES string of the molecule is N#Cc1ccnc(N(Cc2ccco2)C2CC2)n1. The van der Waals surface area contributed by atoms with Crippen molar-refractivity contribution in [2.24, 2.45) is 0 Å². The molecular weight excluding hydrogens is 228 g/mol. The molecule has 18 heavy (non-hydrogen) atoms. The highest BCUT2D eigenvalue weighted by Gasteiger charge is 2.31. The normalized spacial score (nSPS) is 14.2. The van der Waals surface area contributed by atoms with E-state index < -0.39 is 0 Å². The second-order valence-electron chi connectivity index (χ2n) is 4.29. The standard InChI is InChI=1S/C13H12N4O/c14-8-10-5-6-15-13(16-10)17(11-3-4-11)9-12-2-1-7-18-12/h1-2,5-7,11H,3-4,9H2. The third-order valence-corrected chi connectivity index (χ3v) is 2.91. The van der Waals surface area contributed by atoms with E-state index in [4.69, 9.17) is 9.68 Å². The average Bonchev–Trinajstić information content (AvgIpc) is 3.13. The lowest BCUT2D eigenvalue weighted by Crippen LogP contribution is -2.27. The Hall–Kier alpha value is -2.35. The summed E-state index contributed by atoms with van der Waals surface area (Å²) in [7, 11) is 0. The van der Waals surface area contributed by atoms with Crippen LogP contribution in [0.5, 0.6) is 0 Å². The van der Waals surface area contributed by atoms with Gasteiger partial charge in [-0.1, -0.05) is 0 Å². The molecule has 90 valence electrons. The van der Waals surface area contributed by atoms with Gasteiger partial charge in [0, 0.05) is 12.2 Å². The Balaban J connectivity index is 1.87. The van der Waals surface area contributed by atoms with Crippen molar-refractivity contribution in [3.05, 3.63) is 42.1 Å². The van der Waals surface area contributed by atoms with E-state index in [1.807, 2.05) is 18.2 Å². The van der Waals surface area contributed by atoms with Gasteiger partial charge in [0.1, 0.15) is 17.5 Å². The summed E-state index contributed by atoms with van der Waals surface area (Å²) in [5.74, 6) is 1.49. The van der Waals surface area contributed by atoms with Gasteiger partial charge in [0.05, 0.1) is 12.8 Å². The summed E-state index contributed by atoms with van der Waals surface area (Å²) in [6.45, 7) is 0.645. The second-order valence-corrected chi connectivity index (χ2v) is 4.29. The molecule has 0 unspecified atom stereocenters. The highest BCUT2D eigenvalue weighted by molar-refractivity contribution is 5.37. The fourth-order valence-corrected chi connectivity index (χ4v) is 1.87. The monoisotopic (exact) mass is 240 g/mol. The Bertz CT molecular complexity index is 569. The van der Waals surface area contributed by atoms with Gasteiger partial charge in [-0.3, -0.25) is 0 Å². The first-order valence-electron chi connectivity index (χ1n) is 5.89. The number of rotatable bonds is 4. The molecule has 2 heterocycles. The van der Waals surface area contributed by atoms with E-state index in [9.17, 15) is 0 Å². The molecule has 0 atom stereocenters. The number of hydrogen-bond donors (Lipinski definition) is 0. The maximum absolute atomic E-state index is 8.88. The molecule has 2 aromatic heterocycles. The fraction of sp³-hybridized carbons (Fsp3) is 0.308. The molecule has 5 heteroatoms. The van der Waals surface area contributed by atoms with E-state index in [-0.39, 0.29) is 0 Å². The summed E-state index contributed by atoms with van der Waals surface area (Å²) in [4.78, 5) is 10.6. The summed E-state index contributed by atoms with van der Waals surface area (Å²) in [6.07, 6.45) is 5.56. The van der Waals surface area contributed by atoms with Gasteiger partial charge in [-0.05, 0) is 31.0 Å². The third kappa shape index (κ3) is 2.18. The van der Waals surface area contributed by atoms with Gasteiger partial charge in [0.25, 0.3) is 0 Å². The minimum Gasteiger partial charge on any atom is -0.467 e. The Morgan fingerprint density at radius 1 is 1.44 bits per heavy atom. The number of nitriles is 1. The first-order valence-corrected chi connectivity index (χ1v) is 5.89. The number of furan rings is 1. The van der Waals surface area contributed by atoms with E-state index in [1.165, 1.54) is 0 Å². The maximum Gasteiger partial charge on any atom is 0.227 e. The maximum atomic E-state index is 8.88.